The molecule has 16 heavy (non-hydrogen) atoms. The summed E-state index contributed by atoms with van der Waals surface area (Å²) in [6, 6.07) is 0. The Labute approximate surface area is 108 Å². The van der Waals surface area contributed by atoms with Crippen LogP contribution in [0.25, 0.3) is 0 Å². The second kappa shape index (κ2) is 5.02. The lowest BCUT2D eigenvalue weighted by Gasteiger charge is -2.36. The van der Waals surface area contributed by atoms with Crippen molar-refractivity contribution in [1.29, 1.82) is 0 Å². The summed E-state index contributed by atoms with van der Waals surface area (Å²) in [7, 11) is 0. The molecule has 0 aliphatic carbocycles. The van der Waals surface area contributed by atoms with Crippen LogP contribution >= 0.6 is 27.3 Å². The van der Waals surface area contributed by atoms with Crippen molar-refractivity contribution in [2.24, 2.45) is 5.41 Å². The molecule has 0 N–H and O–H groups in total. The Morgan fingerprint density at radius 3 is 2.75 bits per heavy atom. The Kier molecular flexibility index (Phi) is 3.87. The Morgan fingerprint density at radius 1 is 1.56 bits per heavy atom. The highest BCUT2D eigenvalue weighted by Gasteiger charge is 2.32. The molecule has 3 nitrogen and oxygen atoms in total. The molecule has 90 valence electrons. The topological polar surface area (TPSA) is 31.2 Å². The molecule has 1 fully saturated rings. The van der Waals surface area contributed by atoms with Crippen LogP contribution in [0.3, 0.4) is 0 Å². The number of nitrogens with zero attached hydrogens (tertiary/aromatic N) is 1. The van der Waals surface area contributed by atoms with E-state index in [1.165, 1.54) is 11.3 Å². The van der Waals surface area contributed by atoms with Crippen LogP contribution in [0.4, 0.5) is 0 Å². The lowest BCUT2D eigenvalue weighted by atomic mass is 9.82. The van der Waals surface area contributed by atoms with E-state index in [0.717, 1.165) is 43.6 Å². The summed E-state index contributed by atoms with van der Waals surface area (Å²) < 4.78 is 7.30. The minimum atomic E-state index is 0.157. The molecule has 0 unspecified atom stereocenters. The zero-order valence-electron chi connectivity index (χ0n) is 9.37. The first-order valence-electron chi connectivity index (χ1n) is 5.45. The highest BCUT2D eigenvalue weighted by Crippen LogP contribution is 2.34. The van der Waals surface area contributed by atoms with E-state index in [0.29, 0.717) is 0 Å². The minimum absolute atomic E-state index is 0.157. The van der Waals surface area contributed by atoms with Crippen LogP contribution in [0, 0.1) is 12.3 Å². The molecule has 0 bridgehead atoms. The Morgan fingerprint density at radius 2 is 2.25 bits per heavy atom. The molecule has 0 atom stereocenters. The van der Waals surface area contributed by atoms with Crippen LogP contribution in [0.2, 0.25) is 0 Å². The number of halogens is 1. The maximum Gasteiger partial charge on any atom is 0.307 e. The Bertz CT molecular complexity index is 406. The van der Waals surface area contributed by atoms with Crippen molar-refractivity contribution in [3.63, 3.8) is 0 Å². The zero-order chi connectivity index (χ0) is 11.6. The Balaban J connectivity index is 2.21. The van der Waals surface area contributed by atoms with Gasteiger partial charge < -0.3 is 9.30 Å². The van der Waals surface area contributed by atoms with E-state index in [1.807, 2.05) is 16.9 Å². The van der Waals surface area contributed by atoms with E-state index in [1.54, 1.807) is 0 Å². The van der Waals surface area contributed by atoms with E-state index >= 15 is 0 Å². The quantitative estimate of drug-likeness (QED) is 0.803. The van der Waals surface area contributed by atoms with Crippen molar-refractivity contribution in [2.45, 2.75) is 26.3 Å². The van der Waals surface area contributed by atoms with Gasteiger partial charge in [-0.2, -0.15) is 0 Å². The van der Waals surface area contributed by atoms with Crippen molar-refractivity contribution < 1.29 is 4.74 Å². The van der Waals surface area contributed by atoms with Gasteiger partial charge in [-0.25, -0.2) is 0 Å². The smallest absolute Gasteiger partial charge is 0.307 e. The monoisotopic (exact) mass is 305 g/mol. The molecule has 1 saturated heterocycles. The van der Waals surface area contributed by atoms with Gasteiger partial charge in [0.2, 0.25) is 0 Å². The predicted octanol–water partition coefficient (Wildman–Crippen LogP) is 2.41. The summed E-state index contributed by atoms with van der Waals surface area (Å²) in [5, 5.41) is 2.87. The van der Waals surface area contributed by atoms with Gasteiger partial charge in [0.05, 0.1) is 0 Å². The average Bonchev–Trinajstić information content (AvgIpc) is 2.62. The van der Waals surface area contributed by atoms with E-state index < -0.39 is 0 Å². The molecular weight excluding hydrogens is 290 g/mol. The van der Waals surface area contributed by atoms with Crippen LogP contribution in [0.15, 0.2) is 10.2 Å². The van der Waals surface area contributed by atoms with Crippen LogP contribution in [-0.2, 0) is 11.3 Å². The molecule has 0 saturated carbocycles. The number of hydrogen-bond acceptors (Lipinski definition) is 3. The van der Waals surface area contributed by atoms with E-state index in [9.17, 15) is 4.79 Å². The molecule has 5 heteroatoms. The molecule has 0 aromatic carbocycles. The van der Waals surface area contributed by atoms with Gasteiger partial charge in [0, 0.05) is 41.6 Å². The van der Waals surface area contributed by atoms with Crippen molar-refractivity contribution in [3.8, 4) is 0 Å². The van der Waals surface area contributed by atoms with Crippen LogP contribution in [0.1, 0.15) is 18.5 Å². The summed E-state index contributed by atoms with van der Waals surface area (Å²) >= 11 is 4.89. The maximum atomic E-state index is 11.7. The van der Waals surface area contributed by atoms with Crippen molar-refractivity contribution >= 4 is 27.3 Å². The molecule has 1 aromatic heterocycles. The minimum Gasteiger partial charge on any atom is -0.381 e. The molecule has 0 spiro atoms. The standard InChI is InChI=1S/C11H16BrNO2S/c1-9-6-16-10(14)13(9)8-11(7-12)2-4-15-5-3-11/h6H,2-5,7-8H2,1H3. The Hall–Kier alpha value is -0.130. The summed E-state index contributed by atoms with van der Waals surface area (Å²) in [5.41, 5.74) is 1.26. The highest BCUT2D eigenvalue weighted by molar-refractivity contribution is 9.09. The van der Waals surface area contributed by atoms with Gasteiger partial charge in [-0.05, 0) is 19.8 Å². The van der Waals surface area contributed by atoms with Crippen LogP contribution in [0.5, 0.6) is 0 Å². The molecule has 2 rings (SSSR count). The predicted molar refractivity (Wildman–Crippen MR) is 69.6 cm³/mol. The van der Waals surface area contributed by atoms with Gasteiger partial charge in [0.1, 0.15) is 0 Å². The summed E-state index contributed by atoms with van der Waals surface area (Å²) in [5.74, 6) is 0. The van der Waals surface area contributed by atoms with Gasteiger partial charge in [-0.3, -0.25) is 4.79 Å². The number of thiazole rings is 1. The molecular formula is C11H16BrNO2S. The summed E-state index contributed by atoms with van der Waals surface area (Å²) in [6.45, 7) is 4.43. The van der Waals surface area contributed by atoms with Crippen molar-refractivity contribution in [3.05, 3.63) is 20.7 Å². The molecule has 1 aliphatic rings. The first kappa shape index (κ1) is 12.3. The SMILES string of the molecule is Cc1csc(=O)n1CC1(CBr)CCOCC1. The maximum absolute atomic E-state index is 11.7. The fraction of sp³-hybridized carbons (Fsp3) is 0.727. The lowest BCUT2D eigenvalue weighted by Crippen LogP contribution is -2.37. The largest absolute Gasteiger partial charge is 0.381 e. The third kappa shape index (κ3) is 2.41. The van der Waals surface area contributed by atoms with Gasteiger partial charge >= 0.3 is 4.87 Å². The van der Waals surface area contributed by atoms with Crippen molar-refractivity contribution in [2.75, 3.05) is 18.5 Å². The molecule has 1 aliphatic heterocycles. The van der Waals surface area contributed by atoms with Crippen LogP contribution in [-0.4, -0.2) is 23.1 Å². The number of alkyl halides is 1. The first-order chi connectivity index (χ1) is 7.67. The van der Waals surface area contributed by atoms with Crippen molar-refractivity contribution in [1.82, 2.24) is 4.57 Å². The van der Waals surface area contributed by atoms with E-state index in [-0.39, 0.29) is 10.3 Å². The molecule has 0 radical (unpaired) electrons. The molecule has 2 heterocycles. The van der Waals surface area contributed by atoms with E-state index in [2.05, 4.69) is 15.9 Å². The fourth-order valence-electron chi connectivity index (χ4n) is 2.07. The van der Waals surface area contributed by atoms with Gasteiger partial charge in [-0.1, -0.05) is 27.3 Å². The average molecular weight is 306 g/mol. The second-order valence-electron chi connectivity index (χ2n) is 4.48. The lowest BCUT2D eigenvalue weighted by molar-refractivity contribution is 0.0181. The number of rotatable bonds is 3. The van der Waals surface area contributed by atoms with Gasteiger partial charge in [0.15, 0.2) is 0 Å². The molecule has 0 amide bonds. The summed E-state index contributed by atoms with van der Waals surface area (Å²) in [6.07, 6.45) is 2.06. The van der Waals surface area contributed by atoms with Gasteiger partial charge in [-0.15, -0.1) is 0 Å². The molecule has 1 aromatic rings. The fourth-order valence-corrected chi connectivity index (χ4v) is 3.54. The number of aryl methyl sites for hydroxylation is 1. The second-order valence-corrected chi connectivity index (χ2v) is 5.86. The number of aromatic nitrogens is 1. The summed E-state index contributed by atoms with van der Waals surface area (Å²) in [4.78, 5) is 11.9. The normalized spacial score (nSPS) is 19.9. The number of hydrogen-bond donors (Lipinski definition) is 0. The third-order valence-electron chi connectivity index (χ3n) is 3.31. The highest BCUT2D eigenvalue weighted by atomic mass is 79.9. The number of ether oxygens (including phenoxy) is 1. The zero-order valence-corrected chi connectivity index (χ0v) is 11.8. The van der Waals surface area contributed by atoms with Crippen LogP contribution < -0.4 is 4.87 Å². The van der Waals surface area contributed by atoms with Gasteiger partial charge in [0.25, 0.3) is 0 Å². The van der Waals surface area contributed by atoms with E-state index in [4.69, 9.17) is 4.74 Å². The first-order valence-corrected chi connectivity index (χ1v) is 7.46. The third-order valence-corrected chi connectivity index (χ3v) is 5.38.